The van der Waals surface area contributed by atoms with E-state index in [-0.39, 0.29) is 11.4 Å². The van der Waals surface area contributed by atoms with Crippen LogP contribution in [0.25, 0.3) is 10.1 Å². The standard InChI is InChI=1S/C16H11FO3S/c17-10-4-6-11(7-5-10)20-9-12-8-14-13(16(18)19)2-1-3-15(14)21-12/h1-8H,9H2,(H,18,19). The molecule has 0 unspecified atom stereocenters. The molecule has 0 bridgehead atoms. The molecule has 1 heterocycles. The summed E-state index contributed by atoms with van der Waals surface area (Å²) in [5.41, 5.74) is 0.289. The molecule has 3 aromatic rings. The van der Waals surface area contributed by atoms with Crippen molar-refractivity contribution in [2.75, 3.05) is 0 Å². The second-order valence-electron chi connectivity index (χ2n) is 4.48. The van der Waals surface area contributed by atoms with E-state index in [1.807, 2.05) is 12.1 Å². The number of thiophene rings is 1. The van der Waals surface area contributed by atoms with Crippen molar-refractivity contribution >= 4 is 27.4 Å². The Morgan fingerprint density at radius 3 is 2.67 bits per heavy atom. The van der Waals surface area contributed by atoms with Crippen molar-refractivity contribution in [2.24, 2.45) is 0 Å². The average molecular weight is 302 g/mol. The zero-order chi connectivity index (χ0) is 14.8. The first-order valence-corrected chi connectivity index (χ1v) is 7.08. The molecule has 0 saturated carbocycles. The Bertz CT molecular complexity index is 793. The first-order valence-electron chi connectivity index (χ1n) is 6.26. The maximum Gasteiger partial charge on any atom is 0.336 e. The zero-order valence-electron chi connectivity index (χ0n) is 10.9. The number of hydrogen-bond acceptors (Lipinski definition) is 3. The van der Waals surface area contributed by atoms with Gasteiger partial charge in [0.25, 0.3) is 0 Å². The molecule has 0 aliphatic rings. The third-order valence-electron chi connectivity index (χ3n) is 3.04. The number of rotatable bonds is 4. The van der Waals surface area contributed by atoms with Crippen molar-refractivity contribution in [1.82, 2.24) is 0 Å². The Labute approximate surface area is 124 Å². The molecular formula is C16H11FO3S. The van der Waals surface area contributed by atoms with Crippen LogP contribution < -0.4 is 4.74 Å². The number of carbonyl (C=O) groups is 1. The van der Waals surface area contributed by atoms with E-state index in [1.54, 1.807) is 24.3 Å². The van der Waals surface area contributed by atoms with Gasteiger partial charge in [-0.3, -0.25) is 0 Å². The van der Waals surface area contributed by atoms with Crippen LogP contribution in [0.1, 0.15) is 15.2 Å². The molecule has 5 heteroatoms. The van der Waals surface area contributed by atoms with Gasteiger partial charge in [0.15, 0.2) is 0 Å². The summed E-state index contributed by atoms with van der Waals surface area (Å²) in [6.45, 7) is 0.323. The molecule has 0 aliphatic carbocycles. The van der Waals surface area contributed by atoms with E-state index >= 15 is 0 Å². The van der Waals surface area contributed by atoms with Crippen molar-refractivity contribution in [1.29, 1.82) is 0 Å². The van der Waals surface area contributed by atoms with Gasteiger partial charge >= 0.3 is 5.97 Å². The second kappa shape index (κ2) is 5.54. The maximum atomic E-state index is 12.8. The van der Waals surface area contributed by atoms with Gasteiger partial charge in [0.1, 0.15) is 18.2 Å². The maximum absolute atomic E-state index is 12.8. The molecule has 1 aromatic heterocycles. The molecule has 2 aromatic carbocycles. The highest BCUT2D eigenvalue weighted by atomic mass is 32.1. The second-order valence-corrected chi connectivity index (χ2v) is 5.65. The molecule has 3 nitrogen and oxygen atoms in total. The Morgan fingerprint density at radius 2 is 1.95 bits per heavy atom. The number of carboxylic acids is 1. The normalized spacial score (nSPS) is 10.7. The lowest BCUT2D eigenvalue weighted by Crippen LogP contribution is -1.95. The minimum atomic E-state index is -0.940. The van der Waals surface area contributed by atoms with Gasteiger partial charge in [-0.05, 0) is 42.5 Å². The summed E-state index contributed by atoms with van der Waals surface area (Å²) in [7, 11) is 0. The molecule has 0 fully saturated rings. The van der Waals surface area contributed by atoms with Crippen molar-refractivity contribution in [3.8, 4) is 5.75 Å². The van der Waals surface area contributed by atoms with E-state index in [2.05, 4.69) is 0 Å². The molecule has 106 valence electrons. The number of ether oxygens (including phenoxy) is 1. The molecule has 0 saturated heterocycles. The first-order chi connectivity index (χ1) is 10.1. The topological polar surface area (TPSA) is 46.5 Å². The predicted molar refractivity (Wildman–Crippen MR) is 79.5 cm³/mol. The minimum absolute atomic E-state index is 0.289. The van der Waals surface area contributed by atoms with Crippen molar-refractivity contribution in [2.45, 2.75) is 6.61 Å². The third-order valence-corrected chi connectivity index (χ3v) is 4.11. The smallest absolute Gasteiger partial charge is 0.336 e. The lowest BCUT2D eigenvalue weighted by Gasteiger charge is -2.03. The van der Waals surface area contributed by atoms with Gasteiger partial charge in [-0.1, -0.05) is 6.07 Å². The van der Waals surface area contributed by atoms with Crippen LogP contribution in [0, 0.1) is 5.82 Å². The molecule has 0 radical (unpaired) electrons. The Morgan fingerprint density at radius 1 is 1.19 bits per heavy atom. The van der Waals surface area contributed by atoms with Crippen molar-refractivity contribution in [3.05, 3.63) is 64.8 Å². The fraction of sp³-hybridized carbons (Fsp3) is 0.0625. The largest absolute Gasteiger partial charge is 0.488 e. The van der Waals surface area contributed by atoms with E-state index in [0.717, 1.165) is 9.58 Å². The van der Waals surface area contributed by atoms with Gasteiger partial charge in [0.2, 0.25) is 0 Å². The molecule has 0 spiro atoms. The van der Waals surface area contributed by atoms with Gasteiger partial charge < -0.3 is 9.84 Å². The summed E-state index contributed by atoms with van der Waals surface area (Å²) < 4.78 is 19.3. The fourth-order valence-corrected chi connectivity index (χ4v) is 3.06. The molecule has 0 atom stereocenters. The Kier molecular flexibility index (Phi) is 3.58. The third kappa shape index (κ3) is 2.87. The van der Waals surface area contributed by atoms with Crippen LogP contribution in [0.2, 0.25) is 0 Å². The average Bonchev–Trinajstić information content (AvgIpc) is 2.89. The minimum Gasteiger partial charge on any atom is -0.488 e. The van der Waals surface area contributed by atoms with E-state index < -0.39 is 5.97 Å². The number of fused-ring (bicyclic) bond motifs is 1. The number of halogens is 1. The predicted octanol–water partition coefficient (Wildman–Crippen LogP) is 4.32. The van der Waals surface area contributed by atoms with E-state index in [1.165, 1.54) is 23.5 Å². The van der Waals surface area contributed by atoms with Crippen LogP contribution >= 0.6 is 11.3 Å². The number of benzene rings is 2. The van der Waals surface area contributed by atoms with Gasteiger partial charge in [-0.2, -0.15) is 0 Å². The molecule has 0 amide bonds. The summed E-state index contributed by atoms with van der Waals surface area (Å²) >= 11 is 1.49. The summed E-state index contributed by atoms with van der Waals surface area (Å²) in [6.07, 6.45) is 0. The highest BCUT2D eigenvalue weighted by Crippen LogP contribution is 2.29. The molecule has 3 rings (SSSR count). The highest BCUT2D eigenvalue weighted by molar-refractivity contribution is 7.19. The number of hydrogen-bond donors (Lipinski definition) is 1. The van der Waals surface area contributed by atoms with Crippen LogP contribution in [0.15, 0.2) is 48.5 Å². The van der Waals surface area contributed by atoms with Crippen LogP contribution in [0.5, 0.6) is 5.75 Å². The monoisotopic (exact) mass is 302 g/mol. The first kappa shape index (κ1) is 13.6. The number of aromatic carboxylic acids is 1. The highest BCUT2D eigenvalue weighted by Gasteiger charge is 2.11. The van der Waals surface area contributed by atoms with Crippen molar-refractivity contribution < 1.29 is 19.0 Å². The zero-order valence-corrected chi connectivity index (χ0v) is 11.7. The van der Waals surface area contributed by atoms with Crippen LogP contribution in [-0.4, -0.2) is 11.1 Å². The van der Waals surface area contributed by atoms with Crippen molar-refractivity contribution in [3.63, 3.8) is 0 Å². The Balaban J connectivity index is 1.83. The van der Waals surface area contributed by atoms with Gasteiger partial charge in [-0.15, -0.1) is 11.3 Å². The van der Waals surface area contributed by atoms with Crippen LogP contribution in [-0.2, 0) is 6.61 Å². The molecular weight excluding hydrogens is 291 g/mol. The number of carboxylic acid groups (broad SMARTS) is 1. The summed E-state index contributed by atoms with van der Waals surface area (Å²) in [5.74, 6) is -0.674. The molecule has 21 heavy (non-hydrogen) atoms. The summed E-state index contributed by atoms with van der Waals surface area (Å²) in [4.78, 5) is 12.1. The Hall–Kier alpha value is -2.40. The van der Waals surface area contributed by atoms with Gasteiger partial charge in [0.05, 0.1) is 5.56 Å². The van der Waals surface area contributed by atoms with Gasteiger partial charge in [0, 0.05) is 15.0 Å². The quantitative estimate of drug-likeness (QED) is 0.781. The summed E-state index contributed by atoms with van der Waals surface area (Å²) in [5, 5.41) is 9.88. The van der Waals surface area contributed by atoms with E-state index in [9.17, 15) is 9.18 Å². The van der Waals surface area contributed by atoms with Crippen LogP contribution in [0.4, 0.5) is 4.39 Å². The lowest BCUT2D eigenvalue weighted by atomic mass is 10.1. The molecule has 1 N–H and O–H groups in total. The fourth-order valence-electron chi connectivity index (χ4n) is 2.06. The van der Waals surface area contributed by atoms with E-state index in [0.29, 0.717) is 17.7 Å². The SMILES string of the molecule is O=C(O)c1cccc2sc(COc3ccc(F)cc3)cc12. The van der Waals surface area contributed by atoms with E-state index in [4.69, 9.17) is 9.84 Å². The molecule has 0 aliphatic heterocycles. The lowest BCUT2D eigenvalue weighted by molar-refractivity contribution is 0.0699. The summed E-state index contributed by atoms with van der Waals surface area (Å²) in [6, 6.07) is 12.8. The van der Waals surface area contributed by atoms with Gasteiger partial charge in [-0.25, -0.2) is 9.18 Å². The van der Waals surface area contributed by atoms with Crippen LogP contribution in [0.3, 0.4) is 0 Å².